The summed E-state index contributed by atoms with van der Waals surface area (Å²) in [7, 11) is 0. The van der Waals surface area contributed by atoms with Gasteiger partial charge in [0.2, 0.25) is 5.91 Å². The number of hydrogen-bond donors (Lipinski definition) is 3. The van der Waals surface area contributed by atoms with E-state index in [2.05, 4.69) is 16.9 Å². The van der Waals surface area contributed by atoms with Crippen LogP contribution in [0.1, 0.15) is 70.9 Å². The van der Waals surface area contributed by atoms with Gasteiger partial charge in [-0.2, -0.15) is 0 Å². The zero-order chi connectivity index (χ0) is 26.5. The molecule has 10 nitrogen and oxygen atoms in total. The molecule has 1 saturated heterocycles. The molecule has 0 bridgehead atoms. The Labute approximate surface area is 215 Å². The number of nitrogens with two attached hydrogens (primary N) is 2. The van der Waals surface area contributed by atoms with Gasteiger partial charge in [0.1, 0.15) is 11.5 Å². The van der Waals surface area contributed by atoms with Crippen LogP contribution in [0.2, 0.25) is 0 Å². The molecule has 192 valence electrons. The summed E-state index contributed by atoms with van der Waals surface area (Å²) in [5, 5.41) is 2.80. The first-order valence-electron chi connectivity index (χ1n) is 12.3. The molecular weight excluding hydrogens is 470 g/mol. The van der Waals surface area contributed by atoms with Crippen molar-refractivity contribution in [2.75, 3.05) is 17.7 Å². The Balaban J connectivity index is 1.65. The van der Waals surface area contributed by atoms with Gasteiger partial charge in [0, 0.05) is 23.9 Å². The van der Waals surface area contributed by atoms with Crippen molar-refractivity contribution in [3.8, 4) is 11.3 Å². The van der Waals surface area contributed by atoms with Crippen molar-refractivity contribution in [1.29, 1.82) is 0 Å². The molecule has 1 aromatic carbocycles. The van der Waals surface area contributed by atoms with Crippen LogP contribution in [0, 0.1) is 0 Å². The number of likely N-dealkylation sites (tertiary alicyclic amines) is 1. The molecule has 1 unspecified atom stereocenters. The van der Waals surface area contributed by atoms with Gasteiger partial charge in [0.05, 0.1) is 6.04 Å². The number of carbonyl (C=O) groups excluding carboxylic acids is 3. The molecule has 1 atom stereocenters. The molecule has 0 radical (unpaired) electrons. The quantitative estimate of drug-likeness (QED) is 0.334. The lowest BCUT2D eigenvalue weighted by molar-refractivity contribution is -0.128. The zero-order valence-corrected chi connectivity index (χ0v) is 20.8. The van der Waals surface area contributed by atoms with Gasteiger partial charge >= 0.3 is 0 Å². The molecule has 1 fully saturated rings. The summed E-state index contributed by atoms with van der Waals surface area (Å²) in [6, 6.07) is 9.94. The minimum Gasteiger partial charge on any atom is -0.364 e. The number of imidazole rings is 1. The van der Waals surface area contributed by atoms with Crippen LogP contribution in [0.25, 0.3) is 11.3 Å². The van der Waals surface area contributed by atoms with E-state index in [-0.39, 0.29) is 17.5 Å². The number of aromatic nitrogens is 3. The highest BCUT2D eigenvalue weighted by molar-refractivity contribution is 6.04. The van der Waals surface area contributed by atoms with Crippen molar-refractivity contribution in [2.24, 2.45) is 5.73 Å². The average molecular weight is 502 g/mol. The van der Waals surface area contributed by atoms with Gasteiger partial charge in [-0.05, 0) is 55.2 Å². The Hall–Kier alpha value is -4.47. The van der Waals surface area contributed by atoms with Crippen LogP contribution in [-0.4, -0.2) is 43.8 Å². The van der Waals surface area contributed by atoms with Crippen molar-refractivity contribution in [1.82, 2.24) is 19.5 Å². The van der Waals surface area contributed by atoms with Crippen LogP contribution < -0.4 is 16.9 Å². The molecule has 3 amide bonds. The summed E-state index contributed by atoms with van der Waals surface area (Å²) < 4.78 is 1.18. The first-order valence-corrected chi connectivity index (χ1v) is 12.3. The number of nitrogens with one attached hydrogen (secondary N) is 1. The van der Waals surface area contributed by atoms with Gasteiger partial charge in [0.25, 0.3) is 11.8 Å². The monoisotopic (exact) mass is 501 g/mol. The van der Waals surface area contributed by atoms with Crippen LogP contribution in [0.5, 0.6) is 0 Å². The number of nitrogens with zero attached hydrogens (tertiary/aromatic N) is 4. The van der Waals surface area contributed by atoms with Gasteiger partial charge in [-0.15, -0.1) is 0 Å². The van der Waals surface area contributed by atoms with Crippen LogP contribution in [-0.2, 0) is 11.2 Å². The Kier molecular flexibility index (Phi) is 7.66. The Morgan fingerprint density at radius 1 is 1.16 bits per heavy atom. The number of nitrogen functional groups attached to an aromatic ring is 1. The fourth-order valence-corrected chi connectivity index (χ4v) is 4.61. The molecule has 1 aliphatic rings. The van der Waals surface area contributed by atoms with Gasteiger partial charge in [0.15, 0.2) is 11.5 Å². The number of rotatable bonds is 7. The average Bonchev–Trinajstić information content (AvgIpc) is 3.07. The molecule has 3 heterocycles. The summed E-state index contributed by atoms with van der Waals surface area (Å²) in [5.74, 6) is 5.91. The van der Waals surface area contributed by atoms with E-state index in [1.54, 1.807) is 35.4 Å². The van der Waals surface area contributed by atoms with Crippen molar-refractivity contribution in [2.45, 2.75) is 45.1 Å². The first kappa shape index (κ1) is 25.6. The minimum absolute atomic E-state index is 0.0306. The van der Waals surface area contributed by atoms with Crippen molar-refractivity contribution in [3.63, 3.8) is 0 Å². The lowest BCUT2D eigenvalue weighted by atomic mass is 10.1. The second-order valence-corrected chi connectivity index (χ2v) is 8.94. The van der Waals surface area contributed by atoms with E-state index in [0.29, 0.717) is 41.4 Å². The standard InChI is InChI=1S/C27H31N7O3/c1-3-17-13-14-30-21(16-17)31-27(37)19-11-9-18(10-12-19)23-24(25(28)36)34(29)26(32-23)20-8-6-5-7-15-33(20)22(35)4-2/h4,9-14,16,20H,2-3,5-8,15,29H2,1H3,(H2,28,36)(H,30,31,37). The number of benzene rings is 1. The topological polar surface area (TPSA) is 149 Å². The van der Waals surface area contributed by atoms with Gasteiger partial charge in [-0.1, -0.05) is 38.5 Å². The van der Waals surface area contributed by atoms with E-state index in [4.69, 9.17) is 16.6 Å². The first-order chi connectivity index (χ1) is 17.8. The third kappa shape index (κ3) is 5.37. The number of amides is 3. The maximum Gasteiger partial charge on any atom is 0.269 e. The van der Waals surface area contributed by atoms with E-state index in [1.165, 1.54) is 10.8 Å². The molecule has 0 aliphatic carbocycles. The highest BCUT2D eigenvalue weighted by Gasteiger charge is 2.32. The highest BCUT2D eigenvalue weighted by Crippen LogP contribution is 2.33. The Morgan fingerprint density at radius 3 is 2.59 bits per heavy atom. The summed E-state index contributed by atoms with van der Waals surface area (Å²) in [5.41, 5.74) is 8.05. The third-order valence-corrected chi connectivity index (χ3v) is 6.58. The van der Waals surface area contributed by atoms with Gasteiger partial charge in [-0.3, -0.25) is 14.4 Å². The number of pyridine rings is 1. The smallest absolute Gasteiger partial charge is 0.269 e. The number of primary amides is 1. The fourth-order valence-electron chi connectivity index (χ4n) is 4.61. The maximum absolute atomic E-state index is 12.8. The third-order valence-electron chi connectivity index (χ3n) is 6.58. The Bertz CT molecular complexity index is 1330. The zero-order valence-electron chi connectivity index (χ0n) is 20.8. The number of hydrogen-bond acceptors (Lipinski definition) is 6. The lowest BCUT2D eigenvalue weighted by Gasteiger charge is -2.28. The molecule has 3 aromatic rings. The molecule has 0 spiro atoms. The molecule has 10 heteroatoms. The van der Waals surface area contributed by atoms with Crippen molar-refractivity contribution in [3.05, 3.63) is 77.9 Å². The van der Waals surface area contributed by atoms with E-state index in [1.807, 2.05) is 19.1 Å². The second-order valence-electron chi connectivity index (χ2n) is 8.94. The molecule has 1 aliphatic heterocycles. The van der Waals surface area contributed by atoms with Gasteiger partial charge in [-0.25, -0.2) is 14.6 Å². The minimum atomic E-state index is -0.741. The number of anilines is 1. The predicted molar refractivity (Wildman–Crippen MR) is 141 cm³/mol. The summed E-state index contributed by atoms with van der Waals surface area (Å²) in [4.78, 5) is 48.3. The maximum atomic E-state index is 12.8. The molecule has 5 N–H and O–H groups in total. The highest BCUT2D eigenvalue weighted by atomic mass is 16.2. The van der Waals surface area contributed by atoms with E-state index in [9.17, 15) is 14.4 Å². The second kappa shape index (κ2) is 11.1. The summed E-state index contributed by atoms with van der Waals surface area (Å²) in [6.45, 7) is 6.18. The Morgan fingerprint density at radius 2 is 1.92 bits per heavy atom. The lowest BCUT2D eigenvalue weighted by Crippen LogP contribution is -2.36. The molecule has 37 heavy (non-hydrogen) atoms. The molecular formula is C27H31N7O3. The van der Waals surface area contributed by atoms with Crippen molar-refractivity contribution < 1.29 is 14.4 Å². The SMILES string of the molecule is C=CC(=O)N1CCCCCC1c1nc(-c2ccc(C(=O)Nc3cc(CC)ccn3)cc2)c(C(N)=O)n1N. The molecule has 2 aromatic heterocycles. The van der Waals surface area contributed by atoms with Crippen LogP contribution in [0.4, 0.5) is 5.82 Å². The number of carbonyl (C=O) groups is 3. The van der Waals surface area contributed by atoms with Crippen LogP contribution in [0.3, 0.4) is 0 Å². The number of aryl methyl sites for hydroxylation is 1. The largest absolute Gasteiger partial charge is 0.364 e. The van der Waals surface area contributed by atoms with Crippen molar-refractivity contribution >= 4 is 23.5 Å². The van der Waals surface area contributed by atoms with E-state index in [0.717, 1.165) is 31.2 Å². The van der Waals surface area contributed by atoms with E-state index < -0.39 is 11.9 Å². The molecule has 0 saturated carbocycles. The normalized spacial score (nSPS) is 15.6. The van der Waals surface area contributed by atoms with E-state index >= 15 is 0 Å². The summed E-state index contributed by atoms with van der Waals surface area (Å²) in [6.07, 6.45) is 7.13. The van der Waals surface area contributed by atoms with Gasteiger partial charge < -0.3 is 21.8 Å². The van der Waals surface area contributed by atoms with Crippen LogP contribution in [0.15, 0.2) is 55.3 Å². The summed E-state index contributed by atoms with van der Waals surface area (Å²) >= 11 is 0. The van der Waals surface area contributed by atoms with Crippen LogP contribution >= 0.6 is 0 Å². The fraction of sp³-hybridized carbons (Fsp3) is 0.296. The molecule has 4 rings (SSSR count). The predicted octanol–water partition coefficient (Wildman–Crippen LogP) is 3.20.